The van der Waals surface area contributed by atoms with Crippen molar-refractivity contribution in [2.75, 3.05) is 6.79 Å². The van der Waals surface area contributed by atoms with E-state index in [0.717, 1.165) is 5.56 Å². The van der Waals surface area contributed by atoms with Crippen LogP contribution in [0.25, 0.3) is 0 Å². The molecular weight excluding hydrogens is 206 g/mol. The number of phenols is 1. The van der Waals surface area contributed by atoms with Crippen LogP contribution in [0.4, 0.5) is 0 Å². The van der Waals surface area contributed by atoms with Crippen LogP contribution in [0.1, 0.15) is 26.3 Å². The van der Waals surface area contributed by atoms with Crippen molar-refractivity contribution in [1.82, 2.24) is 5.32 Å². The average molecular weight is 223 g/mol. The van der Waals surface area contributed by atoms with Crippen molar-refractivity contribution < 1.29 is 14.6 Å². The van der Waals surface area contributed by atoms with Crippen molar-refractivity contribution >= 4 is 0 Å². The number of rotatable bonds is 2. The number of aromatic hydroxyl groups is 1. The molecule has 0 aromatic heterocycles. The summed E-state index contributed by atoms with van der Waals surface area (Å²) in [6, 6.07) is 3.42. The maximum atomic E-state index is 9.80. The molecule has 1 aliphatic rings. The first-order valence-electron chi connectivity index (χ1n) is 5.32. The van der Waals surface area contributed by atoms with E-state index in [1.54, 1.807) is 6.07 Å². The normalized spacial score (nSPS) is 14.2. The molecule has 2 N–H and O–H groups in total. The van der Waals surface area contributed by atoms with Crippen molar-refractivity contribution in [1.29, 1.82) is 0 Å². The Hall–Kier alpha value is -1.42. The molecule has 0 atom stereocenters. The van der Waals surface area contributed by atoms with E-state index in [1.165, 1.54) is 0 Å². The van der Waals surface area contributed by atoms with Gasteiger partial charge in [-0.25, -0.2) is 0 Å². The molecule has 88 valence electrons. The van der Waals surface area contributed by atoms with Gasteiger partial charge in [0, 0.05) is 23.7 Å². The number of fused-ring (bicyclic) bond motifs is 1. The third-order valence-electron chi connectivity index (χ3n) is 2.38. The lowest BCUT2D eigenvalue weighted by Gasteiger charge is -2.21. The smallest absolute Gasteiger partial charge is 0.231 e. The predicted molar refractivity (Wildman–Crippen MR) is 60.8 cm³/mol. The van der Waals surface area contributed by atoms with Gasteiger partial charge in [0.15, 0.2) is 11.5 Å². The number of phenolic OH excluding ortho intramolecular Hbond substituents is 1. The molecule has 16 heavy (non-hydrogen) atoms. The predicted octanol–water partition coefficient (Wildman–Crippen LogP) is 2.01. The highest BCUT2D eigenvalue weighted by Gasteiger charge is 2.18. The number of ether oxygens (including phenoxy) is 2. The van der Waals surface area contributed by atoms with Crippen LogP contribution in [0.5, 0.6) is 17.2 Å². The summed E-state index contributed by atoms with van der Waals surface area (Å²) in [6.07, 6.45) is 0. The first kappa shape index (κ1) is 11.1. The van der Waals surface area contributed by atoms with Gasteiger partial charge < -0.3 is 19.9 Å². The Morgan fingerprint density at radius 3 is 2.50 bits per heavy atom. The molecule has 0 radical (unpaired) electrons. The molecule has 1 heterocycles. The molecule has 2 rings (SSSR count). The molecule has 1 aromatic rings. The molecule has 0 bridgehead atoms. The van der Waals surface area contributed by atoms with Gasteiger partial charge in [-0.3, -0.25) is 0 Å². The Bertz CT molecular complexity index is 396. The monoisotopic (exact) mass is 223 g/mol. The van der Waals surface area contributed by atoms with Crippen LogP contribution in [-0.2, 0) is 6.54 Å². The highest BCUT2D eigenvalue weighted by molar-refractivity contribution is 5.51. The number of hydrogen-bond acceptors (Lipinski definition) is 4. The lowest BCUT2D eigenvalue weighted by atomic mass is 10.1. The third kappa shape index (κ3) is 2.39. The molecule has 1 aliphatic heterocycles. The molecule has 0 aliphatic carbocycles. The molecular formula is C12H17NO3. The second-order valence-electron chi connectivity index (χ2n) is 4.94. The lowest BCUT2D eigenvalue weighted by Crippen LogP contribution is -2.35. The van der Waals surface area contributed by atoms with E-state index < -0.39 is 0 Å². The highest BCUT2D eigenvalue weighted by Crippen LogP contribution is 2.37. The number of benzene rings is 1. The fourth-order valence-corrected chi connectivity index (χ4v) is 1.48. The van der Waals surface area contributed by atoms with Crippen molar-refractivity contribution in [3.05, 3.63) is 17.7 Å². The van der Waals surface area contributed by atoms with Crippen LogP contribution in [0.15, 0.2) is 12.1 Å². The summed E-state index contributed by atoms with van der Waals surface area (Å²) in [5.74, 6) is 1.54. The fraction of sp³-hybridized carbons (Fsp3) is 0.500. The third-order valence-corrected chi connectivity index (χ3v) is 2.38. The van der Waals surface area contributed by atoms with Crippen molar-refractivity contribution in [2.24, 2.45) is 0 Å². The second-order valence-corrected chi connectivity index (χ2v) is 4.94. The van der Waals surface area contributed by atoms with E-state index in [4.69, 9.17) is 9.47 Å². The van der Waals surface area contributed by atoms with Crippen LogP contribution in [0.2, 0.25) is 0 Å². The quantitative estimate of drug-likeness (QED) is 0.805. The Labute approximate surface area is 95.2 Å². The molecule has 0 saturated carbocycles. The minimum absolute atomic E-state index is 0.0167. The van der Waals surface area contributed by atoms with Gasteiger partial charge in [-0.05, 0) is 26.8 Å². The average Bonchev–Trinajstić information content (AvgIpc) is 2.59. The lowest BCUT2D eigenvalue weighted by molar-refractivity contribution is 0.174. The standard InChI is InChI=1S/C12H17NO3/c1-12(2,3)13-6-8-4-10-11(5-9(8)14)16-7-15-10/h4-5,13-14H,6-7H2,1-3H3. The van der Waals surface area contributed by atoms with Crippen molar-refractivity contribution in [3.63, 3.8) is 0 Å². The molecule has 1 aromatic carbocycles. The van der Waals surface area contributed by atoms with E-state index in [2.05, 4.69) is 26.1 Å². The van der Waals surface area contributed by atoms with E-state index in [0.29, 0.717) is 18.0 Å². The molecule has 0 spiro atoms. The second kappa shape index (κ2) is 3.87. The SMILES string of the molecule is CC(C)(C)NCc1cc2c(cc1O)OCO2. The fourth-order valence-electron chi connectivity index (χ4n) is 1.48. The van der Waals surface area contributed by atoms with Gasteiger partial charge in [-0.15, -0.1) is 0 Å². The largest absolute Gasteiger partial charge is 0.507 e. The van der Waals surface area contributed by atoms with Gasteiger partial charge in [0.05, 0.1) is 0 Å². The van der Waals surface area contributed by atoms with Crippen molar-refractivity contribution in [2.45, 2.75) is 32.9 Å². The van der Waals surface area contributed by atoms with Crippen LogP contribution in [-0.4, -0.2) is 17.4 Å². The van der Waals surface area contributed by atoms with Gasteiger partial charge in [0.1, 0.15) is 5.75 Å². The molecule has 0 amide bonds. The summed E-state index contributed by atoms with van der Waals surface area (Å²) in [5.41, 5.74) is 0.835. The Morgan fingerprint density at radius 1 is 1.25 bits per heavy atom. The molecule has 0 fully saturated rings. The summed E-state index contributed by atoms with van der Waals surface area (Å²) in [6.45, 7) is 7.07. The van der Waals surface area contributed by atoms with Gasteiger partial charge in [-0.1, -0.05) is 0 Å². The summed E-state index contributed by atoms with van der Waals surface area (Å²) < 4.78 is 10.4. The molecule has 0 unspecified atom stereocenters. The van der Waals surface area contributed by atoms with Crippen molar-refractivity contribution in [3.8, 4) is 17.2 Å². The van der Waals surface area contributed by atoms with Gasteiger partial charge >= 0.3 is 0 Å². The van der Waals surface area contributed by atoms with E-state index in [-0.39, 0.29) is 18.1 Å². The van der Waals surface area contributed by atoms with Crippen LogP contribution < -0.4 is 14.8 Å². The summed E-state index contributed by atoms with van der Waals surface area (Å²) >= 11 is 0. The zero-order chi connectivity index (χ0) is 11.8. The summed E-state index contributed by atoms with van der Waals surface area (Å²) in [5, 5.41) is 13.1. The maximum absolute atomic E-state index is 9.80. The zero-order valence-electron chi connectivity index (χ0n) is 9.83. The summed E-state index contributed by atoms with van der Waals surface area (Å²) in [7, 11) is 0. The summed E-state index contributed by atoms with van der Waals surface area (Å²) in [4.78, 5) is 0. The number of nitrogens with one attached hydrogen (secondary N) is 1. The van der Waals surface area contributed by atoms with E-state index in [9.17, 15) is 5.11 Å². The van der Waals surface area contributed by atoms with Crippen LogP contribution >= 0.6 is 0 Å². The Morgan fingerprint density at radius 2 is 1.88 bits per heavy atom. The Balaban J connectivity index is 2.16. The van der Waals surface area contributed by atoms with Crippen LogP contribution in [0.3, 0.4) is 0 Å². The van der Waals surface area contributed by atoms with Gasteiger partial charge in [0.25, 0.3) is 0 Å². The maximum Gasteiger partial charge on any atom is 0.231 e. The van der Waals surface area contributed by atoms with E-state index in [1.807, 2.05) is 6.07 Å². The topological polar surface area (TPSA) is 50.7 Å². The first-order chi connectivity index (χ1) is 7.46. The highest BCUT2D eigenvalue weighted by atomic mass is 16.7. The minimum Gasteiger partial charge on any atom is -0.507 e. The Kier molecular flexibility index (Phi) is 2.68. The van der Waals surface area contributed by atoms with E-state index >= 15 is 0 Å². The van der Waals surface area contributed by atoms with Gasteiger partial charge in [0.2, 0.25) is 6.79 Å². The molecule has 0 saturated heterocycles. The van der Waals surface area contributed by atoms with Gasteiger partial charge in [-0.2, -0.15) is 0 Å². The molecule has 4 nitrogen and oxygen atoms in total. The first-order valence-corrected chi connectivity index (χ1v) is 5.32. The minimum atomic E-state index is 0.0167. The number of hydrogen-bond donors (Lipinski definition) is 2. The zero-order valence-corrected chi connectivity index (χ0v) is 9.83. The van der Waals surface area contributed by atoms with Crippen LogP contribution in [0, 0.1) is 0 Å². The molecule has 4 heteroatoms.